The van der Waals surface area contributed by atoms with Crippen molar-refractivity contribution in [3.8, 4) is 17.2 Å². The lowest BCUT2D eigenvalue weighted by molar-refractivity contribution is 0.288. The van der Waals surface area contributed by atoms with Crippen molar-refractivity contribution < 1.29 is 14.2 Å². The Morgan fingerprint density at radius 2 is 1.92 bits per heavy atom. The fraction of sp³-hybridized carbons (Fsp3) is 0.438. The zero-order valence-electron chi connectivity index (χ0n) is 14.3. The highest BCUT2D eigenvalue weighted by Gasteiger charge is 2.13. The fourth-order valence-electron chi connectivity index (χ4n) is 2.21. The molecule has 0 spiro atoms. The van der Waals surface area contributed by atoms with E-state index in [1.807, 2.05) is 19.1 Å². The predicted octanol–water partition coefficient (Wildman–Crippen LogP) is 3.19. The average Bonchev–Trinajstić information content (AvgIpc) is 2.94. The van der Waals surface area contributed by atoms with Crippen LogP contribution >= 0.6 is 12.2 Å². The summed E-state index contributed by atoms with van der Waals surface area (Å²) in [6.45, 7) is 4.50. The van der Waals surface area contributed by atoms with Gasteiger partial charge in [0.25, 0.3) is 0 Å². The zero-order chi connectivity index (χ0) is 17.5. The van der Waals surface area contributed by atoms with E-state index in [2.05, 4.69) is 22.2 Å². The minimum Gasteiger partial charge on any atom is -0.493 e. The van der Waals surface area contributed by atoms with Gasteiger partial charge in [-0.05, 0) is 37.7 Å². The second-order valence-electron chi connectivity index (χ2n) is 4.94. The first-order chi connectivity index (χ1) is 11.6. The van der Waals surface area contributed by atoms with Gasteiger partial charge in [-0.15, -0.1) is 0 Å². The van der Waals surface area contributed by atoms with Crippen LogP contribution in [-0.2, 0) is 6.42 Å². The molecule has 1 N–H and O–H groups in total. The number of H-pyrrole nitrogens is 1. The first-order valence-electron chi connectivity index (χ1n) is 7.74. The third kappa shape index (κ3) is 3.94. The fourth-order valence-corrected chi connectivity index (χ4v) is 2.41. The van der Waals surface area contributed by atoms with Crippen LogP contribution in [0.3, 0.4) is 0 Å². The van der Waals surface area contributed by atoms with Crippen LogP contribution in [0.4, 0.5) is 0 Å². The van der Waals surface area contributed by atoms with Gasteiger partial charge in [-0.3, -0.25) is 5.10 Å². The minimum atomic E-state index is 0.458. The maximum absolute atomic E-state index is 5.59. The lowest BCUT2D eigenvalue weighted by atomic mass is 10.2. The minimum absolute atomic E-state index is 0.458. The zero-order valence-corrected chi connectivity index (χ0v) is 15.1. The average molecular weight is 350 g/mol. The van der Waals surface area contributed by atoms with Gasteiger partial charge in [-0.25, -0.2) is 0 Å². The maximum Gasteiger partial charge on any atom is 0.216 e. The van der Waals surface area contributed by atoms with Crippen LogP contribution in [0.25, 0.3) is 0 Å². The molecule has 2 aromatic rings. The van der Waals surface area contributed by atoms with Gasteiger partial charge in [0.05, 0.1) is 27.0 Å². The first-order valence-corrected chi connectivity index (χ1v) is 8.14. The largest absolute Gasteiger partial charge is 0.493 e. The Morgan fingerprint density at radius 1 is 1.25 bits per heavy atom. The van der Waals surface area contributed by atoms with Gasteiger partial charge >= 0.3 is 0 Å². The Kier molecular flexibility index (Phi) is 6.36. The smallest absolute Gasteiger partial charge is 0.216 e. The molecule has 0 aliphatic carbocycles. The number of ether oxygens (including phenoxy) is 3. The number of aromatic nitrogens is 3. The summed E-state index contributed by atoms with van der Waals surface area (Å²) in [6.07, 6.45) is 3.44. The molecule has 7 nitrogen and oxygen atoms in total. The van der Waals surface area contributed by atoms with E-state index in [0.29, 0.717) is 28.6 Å². The Hall–Kier alpha value is -2.35. The second kappa shape index (κ2) is 8.49. The standard InChI is InChI=1S/C16H22N4O3S/c1-5-7-14-18-19-16(24)20(14)17-10-11-8-12(21-3)15(23-6-2)13(9-11)22-4/h8-10H,5-7H2,1-4H3,(H,19,24)/b17-10-. The molecule has 8 heteroatoms. The van der Waals surface area contributed by atoms with E-state index in [-0.39, 0.29) is 0 Å². The molecule has 1 aromatic heterocycles. The van der Waals surface area contributed by atoms with Crippen molar-refractivity contribution in [3.63, 3.8) is 0 Å². The highest BCUT2D eigenvalue weighted by Crippen LogP contribution is 2.38. The highest BCUT2D eigenvalue weighted by molar-refractivity contribution is 7.71. The van der Waals surface area contributed by atoms with Gasteiger partial charge in [0.2, 0.25) is 10.5 Å². The molecule has 0 radical (unpaired) electrons. The molecule has 1 heterocycles. The van der Waals surface area contributed by atoms with Gasteiger partial charge in [0.15, 0.2) is 17.3 Å². The summed E-state index contributed by atoms with van der Waals surface area (Å²) in [7, 11) is 3.17. The number of nitrogens with one attached hydrogen (secondary N) is 1. The van der Waals surface area contributed by atoms with Crippen molar-refractivity contribution in [1.29, 1.82) is 0 Å². The Balaban J connectivity index is 2.39. The molecule has 0 bridgehead atoms. The summed E-state index contributed by atoms with van der Waals surface area (Å²) < 4.78 is 18.5. The topological polar surface area (TPSA) is 73.7 Å². The summed E-state index contributed by atoms with van der Waals surface area (Å²) in [4.78, 5) is 0. The molecule has 2 rings (SSSR count). The monoisotopic (exact) mass is 350 g/mol. The number of benzene rings is 1. The van der Waals surface area contributed by atoms with E-state index in [0.717, 1.165) is 24.2 Å². The van der Waals surface area contributed by atoms with Crippen LogP contribution in [0.5, 0.6) is 17.2 Å². The first kappa shape index (κ1) is 18.0. The van der Waals surface area contributed by atoms with Crippen LogP contribution < -0.4 is 14.2 Å². The molecule has 1 aromatic carbocycles. The molecule has 0 unspecified atom stereocenters. The van der Waals surface area contributed by atoms with Crippen LogP contribution in [0.2, 0.25) is 0 Å². The number of aromatic amines is 1. The van der Waals surface area contributed by atoms with E-state index in [4.69, 9.17) is 26.4 Å². The Labute approximate surface area is 146 Å². The quantitative estimate of drug-likeness (QED) is 0.585. The van der Waals surface area contributed by atoms with Gasteiger partial charge in [0.1, 0.15) is 0 Å². The van der Waals surface area contributed by atoms with Crippen molar-refractivity contribution >= 4 is 18.4 Å². The molecule has 0 saturated carbocycles. The maximum atomic E-state index is 5.59. The Morgan fingerprint density at radius 3 is 2.46 bits per heavy atom. The molecule has 0 aliphatic rings. The van der Waals surface area contributed by atoms with Crippen molar-refractivity contribution in [2.75, 3.05) is 20.8 Å². The normalized spacial score (nSPS) is 11.0. The van der Waals surface area contributed by atoms with Crippen molar-refractivity contribution in [1.82, 2.24) is 14.9 Å². The molecule has 0 amide bonds. The lowest BCUT2D eigenvalue weighted by Gasteiger charge is -2.14. The van der Waals surface area contributed by atoms with Crippen LogP contribution in [0, 0.1) is 4.77 Å². The number of rotatable bonds is 8. The van der Waals surface area contributed by atoms with Crippen LogP contribution in [0.1, 0.15) is 31.7 Å². The summed E-state index contributed by atoms with van der Waals surface area (Å²) in [5.74, 6) is 2.54. The molecular weight excluding hydrogens is 328 g/mol. The molecular formula is C16H22N4O3S. The van der Waals surface area contributed by atoms with Gasteiger partial charge in [0, 0.05) is 12.0 Å². The third-order valence-electron chi connectivity index (χ3n) is 3.28. The van der Waals surface area contributed by atoms with E-state index in [9.17, 15) is 0 Å². The van der Waals surface area contributed by atoms with Crippen LogP contribution in [0.15, 0.2) is 17.2 Å². The van der Waals surface area contributed by atoms with Gasteiger partial charge in [-0.2, -0.15) is 14.9 Å². The summed E-state index contributed by atoms with van der Waals surface area (Å²) in [6, 6.07) is 3.67. The molecule has 0 fully saturated rings. The summed E-state index contributed by atoms with van der Waals surface area (Å²) >= 11 is 5.22. The third-order valence-corrected chi connectivity index (χ3v) is 3.55. The van der Waals surface area contributed by atoms with Gasteiger partial charge < -0.3 is 14.2 Å². The van der Waals surface area contributed by atoms with Gasteiger partial charge in [-0.1, -0.05) is 6.92 Å². The highest BCUT2D eigenvalue weighted by atomic mass is 32.1. The van der Waals surface area contributed by atoms with Crippen molar-refractivity contribution in [3.05, 3.63) is 28.3 Å². The SMILES string of the molecule is CCCc1n[nH]c(=S)n1/N=C\c1cc(OC)c(OCC)c(OC)c1. The second-order valence-corrected chi connectivity index (χ2v) is 5.33. The van der Waals surface area contributed by atoms with Crippen molar-refractivity contribution in [2.24, 2.45) is 5.10 Å². The number of hydrogen-bond donors (Lipinski definition) is 1. The summed E-state index contributed by atoms with van der Waals surface area (Å²) in [5, 5.41) is 11.4. The Bertz CT molecular complexity index is 742. The molecule has 130 valence electrons. The number of methoxy groups -OCH3 is 2. The molecule has 0 saturated heterocycles. The van der Waals surface area contributed by atoms with Crippen molar-refractivity contribution in [2.45, 2.75) is 26.7 Å². The number of aryl methyl sites for hydroxylation is 1. The van der Waals surface area contributed by atoms with E-state index >= 15 is 0 Å². The molecule has 0 aliphatic heterocycles. The number of hydrogen-bond acceptors (Lipinski definition) is 6. The predicted molar refractivity (Wildman–Crippen MR) is 95.1 cm³/mol. The van der Waals surface area contributed by atoms with E-state index < -0.39 is 0 Å². The molecule has 24 heavy (non-hydrogen) atoms. The lowest BCUT2D eigenvalue weighted by Crippen LogP contribution is -2.01. The van der Waals surface area contributed by atoms with E-state index in [1.54, 1.807) is 25.1 Å². The number of nitrogens with zero attached hydrogens (tertiary/aromatic N) is 3. The van der Waals surface area contributed by atoms with E-state index in [1.165, 1.54) is 0 Å². The summed E-state index contributed by atoms with van der Waals surface area (Å²) in [5.41, 5.74) is 0.803. The van der Waals surface area contributed by atoms with Crippen LogP contribution in [-0.4, -0.2) is 41.9 Å². The molecule has 0 atom stereocenters.